The molecule has 2 aromatic rings. The molecule has 2 aromatic carbocycles. The zero-order valence-electron chi connectivity index (χ0n) is 14.8. The predicted molar refractivity (Wildman–Crippen MR) is 97.5 cm³/mol. The molecule has 140 valence electrons. The van der Waals surface area contributed by atoms with Crippen LogP contribution < -0.4 is 5.48 Å². The van der Waals surface area contributed by atoms with Gasteiger partial charge >= 0.3 is 16.1 Å². The smallest absolute Gasteiger partial charge is 0.325 e. The van der Waals surface area contributed by atoms with Gasteiger partial charge in [0, 0.05) is 0 Å². The van der Waals surface area contributed by atoms with E-state index < -0.39 is 22.1 Å². The van der Waals surface area contributed by atoms with E-state index in [4.69, 9.17) is 9.02 Å². The van der Waals surface area contributed by atoms with E-state index in [2.05, 4.69) is 5.48 Å². The third-order valence-electron chi connectivity index (χ3n) is 3.70. The highest BCUT2D eigenvalue weighted by Crippen LogP contribution is 2.13. The van der Waals surface area contributed by atoms with Gasteiger partial charge in [0.25, 0.3) is 0 Å². The van der Waals surface area contributed by atoms with Crippen molar-refractivity contribution in [3.05, 3.63) is 65.7 Å². The van der Waals surface area contributed by atoms with E-state index in [1.54, 1.807) is 12.1 Å². The lowest BCUT2D eigenvalue weighted by atomic mass is 10.2. The fourth-order valence-electron chi connectivity index (χ4n) is 2.22. The molecule has 1 atom stereocenters. The first-order chi connectivity index (χ1) is 12.4. The van der Waals surface area contributed by atoms with Crippen LogP contribution in [0.25, 0.3) is 0 Å². The molecule has 0 spiro atoms. The predicted octanol–water partition coefficient (Wildman–Crippen LogP) is 3.12. The van der Waals surface area contributed by atoms with Gasteiger partial charge in [-0.1, -0.05) is 61.4 Å². The Morgan fingerprint density at radius 3 is 2.35 bits per heavy atom. The van der Waals surface area contributed by atoms with Gasteiger partial charge in [-0.15, -0.1) is 0 Å². The maximum Gasteiger partial charge on any atom is 0.325 e. The van der Waals surface area contributed by atoms with Crippen LogP contribution in [0.1, 0.15) is 30.9 Å². The van der Waals surface area contributed by atoms with Crippen LogP contribution in [-0.2, 0) is 30.5 Å². The number of carbonyl (C=O) groups is 1. The van der Waals surface area contributed by atoms with Gasteiger partial charge in [0.1, 0.15) is 12.6 Å². The van der Waals surface area contributed by atoms with E-state index in [1.165, 1.54) is 12.1 Å². The average Bonchev–Trinajstić information content (AvgIpc) is 2.64. The quantitative estimate of drug-likeness (QED) is 0.534. The summed E-state index contributed by atoms with van der Waals surface area (Å²) >= 11 is 0. The second kappa shape index (κ2) is 9.47. The van der Waals surface area contributed by atoms with Crippen molar-refractivity contribution in [1.29, 1.82) is 0 Å². The molecular weight excluding hydrogens is 354 g/mol. The van der Waals surface area contributed by atoms with Crippen molar-refractivity contribution in [3.8, 4) is 0 Å². The number of hydrogen-bond donors (Lipinski definition) is 1. The highest BCUT2D eigenvalue weighted by molar-refractivity contribution is 7.86. The molecule has 1 N–H and O–H groups in total. The molecule has 0 unspecified atom stereocenters. The number of carbonyl (C=O) groups excluding carboxylic acids is 1. The van der Waals surface area contributed by atoms with Gasteiger partial charge < -0.3 is 4.74 Å². The summed E-state index contributed by atoms with van der Waals surface area (Å²) in [5.74, 6) is -0.560. The van der Waals surface area contributed by atoms with Gasteiger partial charge in [-0.3, -0.25) is 4.79 Å². The molecular formula is C19H23NO5S. The number of nitrogens with one attached hydrogen (secondary N) is 1. The Hall–Kier alpha value is -2.22. The topological polar surface area (TPSA) is 81.7 Å². The number of ether oxygens (including phenoxy) is 1. The summed E-state index contributed by atoms with van der Waals surface area (Å²) in [5.41, 5.74) is 4.13. The van der Waals surface area contributed by atoms with Crippen molar-refractivity contribution in [1.82, 2.24) is 5.48 Å². The van der Waals surface area contributed by atoms with Gasteiger partial charge in [0.15, 0.2) is 0 Å². The van der Waals surface area contributed by atoms with E-state index in [0.717, 1.165) is 11.1 Å². The molecule has 0 amide bonds. The lowest BCUT2D eigenvalue weighted by Gasteiger charge is -2.16. The first-order valence-electron chi connectivity index (χ1n) is 8.38. The molecule has 0 aromatic heterocycles. The normalized spacial score (nSPS) is 12.5. The number of rotatable bonds is 9. The summed E-state index contributed by atoms with van der Waals surface area (Å²) in [6, 6.07) is 14.6. The fourth-order valence-corrected chi connectivity index (χ4v) is 3.03. The second-order valence-corrected chi connectivity index (χ2v) is 7.45. The first kappa shape index (κ1) is 20.1. The van der Waals surface area contributed by atoms with Crippen LogP contribution in [0.15, 0.2) is 59.5 Å². The lowest BCUT2D eigenvalue weighted by molar-refractivity contribution is -0.150. The van der Waals surface area contributed by atoms with Crippen LogP contribution in [-0.4, -0.2) is 20.4 Å². The van der Waals surface area contributed by atoms with E-state index in [1.807, 2.05) is 44.2 Å². The third kappa shape index (κ3) is 5.94. The first-order valence-corrected chi connectivity index (χ1v) is 9.79. The van der Waals surface area contributed by atoms with Gasteiger partial charge in [0.2, 0.25) is 0 Å². The van der Waals surface area contributed by atoms with Crippen LogP contribution in [0.2, 0.25) is 0 Å². The summed E-state index contributed by atoms with van der Waals surface area (Å²) in [5, 5.41) is 0. The van der Waals surface area contributed by atoms with E-state index in [9.17, 15) is 13.2 Å². The lowest BCUT2D eigenvalue weighted by Crippen LogP contribution is -2.39. The van der Waals surface area contributed by atoms with Crippen LogP contribution in [0.5, 0.6) is 0 Å². The average molecular weight is 377 g/mol. The fraction of sp³-hybridized carbons (Fsp3) is 0.316. The molecule has 0 radical (unpaired) electrons. The molecule has 0 bridgehead atoms. The second-order valence-electron chi connectivity index (χ2n) is 5.90. The Morgan fingerprint density at radius 1 is 1.08 bits per heavy atom. The standard InChI is InChI=1S/C19H23NO5S/c1-3-7-18(19(21)24-14-16-8-5-4-6-9-16)20-25-26(22,23)17-12-10-15(2)11-13-17/h4-6,8-13,18,20H,3,7,14H2,1-2H3/t18-/m0/s1. The molecule has 0 heterocycles. The van der Waals surface area contributed by atoms with Crippen LogP contribution in [0, 0.1) is 6.92 Å². The van der Waals surface area contributed by atoms with Crippen molar-refractivity contribution in [3.63, 3.8) is 0 Å². The van der Waals surface area contributed by atoms with Crippen molar-refractivity contribution < 1.29 is 22.2 Å². The molecule has 0 aliphatic rings. The molecule has 0 aliphatic carbocycles. The van der Waals surface area contributed by atoms with Gasteiger partial charge in [0.05, 0.1) is 4.90 Å². The number of esters is 1. The Morgan fingerprint density at radius 2 is 1.73 bits per heavy atom. The molecule has 0 aliphatic heterocycles. The summed E-state index contributed by atoms with van der Waals surface area (Å²) in [6.45, 7) is 3.86. The number of hydroxylamine groups is 1. The SMILES string of the molecule is CCC[C@H](NOS(=O)(=O)c1ccc(C)cc1)C(=O)OCc1ccccc1. The summed E-state index contributed by atoms with van der Waals surface area (Å²) in [4.78, 5) is 12.3. The van der Waals surface area contributed by atoms with Crippen LogP contribution in [0.3, 0.4) is 0 Å². The van der Waals surface area contributed by atoms with Crippen molar-refractivity contribution in [2.24, 2.45) is 0 Å². The minimum atomic E-state index is -4.01. The molecule has 0 saturated carbocycles. The highest BCUT2D eigenvalue weighted by atomic mass is 32.2. The third-order valence-corrected chi connectivity index (χ3v) is 4.86. The number of aryl methyl sites for hydroxylation is 1. The summed E-state index contributed by atoms with van der Waals surface area (Å²) in [7, 11) is -4.01. The van der Waals surface area contributed by atoms with Crippen molar-refractivity contribution >= 4 is 16.1 Å². The molecule has 0 fully saturated rings. The zero-order valence-corrected chi connectivity index (χ0v) is 15.7. The maximum absolute atomic E-state index is 12.2. The van der Waals surface area contributed by atoms with Crippen molar-refractivity contribution in [2.75, 3.05) is 0 Å². The van der Waals surface area contributed by atoms with Gasteiger partial charge in [-0.2, -0.15) is 18.2 Å². The Kier molecular flexibility index (Phi) is 7.32. The zero-order chi connectivity index (χ0) is 19.0. The summed E-state index contributed by atoms with van der Waals surface area (Å²) in [6.07, 6.45) is 1.04. The van der Waals surface area contributed by atoms with Gasteiger partial charge in [-0.25, -0.2) is 0 Å². The summed E-state index contributed by atoms with van der Waals surface area (Å²) < 4.78 is 34.6. The number of benzene rings is 2. The van der Waals surface area contributed by atoms with E-state index >= 15 is 0 Å². The Bertz CT molecular complexity index is 804. The minimum absolute atomic E-state index is 0.0171. The van der Waals surface area contributed by atoms with Crippen LogP contribution >= 0.6 is 0 Å². The molecule has 7 heteroatoms. The van der Waals surface area contributed by atoms with Crippen molar-refractivity contribution in [2.45, 2.75) is 44.2 Å². The molecule has 6 nitrogen and oxygen atoms in total. The molecule has 0 saturated heterocycles. The Balaban J connectivity index is 1.96. The molecule has 26 heavy (non-hydrogen) atoms. The van der Waals surface area contributed by atoms with Gasteiger partial charge in [-0.05, 0) is 31.0 Å². The number of hydrogen-bond acceptors (Lipinski definition) is 6. The van der Waals surface area contributed by atoms with E-state index in [0.29, 0.717) is 12.8 Å². The monoisotopic (exact) mass is 377 g/mol. The largest absolute Gasteiger partial charge is 0.460 e. The Labute approximate surface area is 154 Å². The maximum atomic E-state index is 12.2. The van der Waals surface area contributed by atoms with Crippen LogP contribution in [0.4, 0.5) is 0 Å². The van der Waals surface area contributed by atoms with E-state index in [-0.39, 0.29) is 11.5 Å². The highest BCUT2D eigenvalue weighted by Gasteiger charge is 2.23. The minimum Gasteiger partial charge on any atom is -0.460 e. The molecule has 2 rings (SSSR count).